The molecule has 1 aliphatic heterocycles. The van der Waals surface area contributed by atoms with E-state index < -0.39 is 10.0 Å². The Labute approximate surface area is 181 Å². The second kappa shape index (κ2) is 10.1. The summed E-state index contributed by atoms with van der Waals surface area (Å²) >= 11 is 11.8. The molecule has 0 bridgehead atoms. The first-order valence-electron chi connectivity index (χ1n) is 9.40. The minimum absolute atomic E-state index is 0.00842. The third-order valence-corrected chi connectivity index (χ3v) is 7.06. The van der Waals surface area contributed by atoms with E-state index in [4.69, 9.17) is 33.0 Å². The SMILES string of the molecule is O=S(=O)(NC1CCN(Cc2ccc(OCCO)cc2)CC1)c1ccc(Cl)c(Cl)c1. The molecule has 0 radical (unpaired) electrons. The number of benzene rings is 2. The highest BCUT2D eigenvalue weighted by molar-refractivity contribution is 7.89. The maximum atomic E-state index is 12.6. The topological polar surface area (TPSA) is 78.9 Å². The quantitative estimate of drug-likeness (QED) is 0.634. The summed E-state index contributed by atoms with van der Waals surface area (Å²) < 4.78 is 33.3. The van der Waals surface area contributed by atoms with E-state index in [-0.39, 0.29) is 29.2 Å². The van der Waals surface area contributed by atoms with Crippen molar-refractivity contribution in [2.75, 3.05) is 26.3 Å². The molecular weight excluding hydrogens is 435 g/mol. The number of piperidine rings is 1. The first-order chi connectivity index (χ1) is 13.9. The van der Waals surface area contributed by atoms with Crippen LogP contribution in [0, 0.1) is 0 Å². The van der Waals surface area contributed by atoms with Crippen molar-refractivity contribution in [1.82, 2.24) is 9.62 Å². The number of likely N-dealkylation sites (tertiary alicyclic amines) is 1. The maximum absolute atomic E-state index is 12.6. The average molecular weight is 459 g/mol. The van der Waals surface area contributed by atoms with Crippen LogP contribution in [0.25, 0.3) is 0 Å². The standard InChI is InChI=1S/C20H24Cl2N2O4S/c21-19-6-5-18(13-20(19)22)29(26,27)23-16-7-9-24(10-8-16)14-15-1-3-17(4-2-15)28-12-11-25/h1-6,13,16,23,25H,7-12,14H2. The van der Waals surface area contributed by atoms with Gasteiger partial charge in [-0.1, -0.05) is 35.3 Å². The minimum Gasteiger partial charge on any atom is -0.491 e. The molecule has 3 rings (SSSR count). The normalized spacial score (nSPS) is 16.1. The number of ether oxygens (including phenoxy) is 1. The van der Waals surface area contributed by atoms with Crippen molar-refractivity contribution in [3.63, 3.8) is 0 Å². The highest BCUT2D eigenvalue weighted by atomic mass is 35.5. The zero-order valence-corrected chi connectivity index (χ0v) is 18.2. The Morgan fingerprint density at radius 2 is 1.76 bits per heavy atom. The second-order valence-corrected chi connectivity index (χ2v) is 9.49. The first-order valence-corrected chi connectivity index (χ1v) is 11.6. The van der Waals surface area contributed by atoms with Gasteiger partial charge in [-0.2, -0.15) is 0 Å². The van der Waals surface area contributed by atoms with E-state index in [1.54, 1.807) is 0 Å². The molecule has 0 unspecified atom stereocenters. The Hall–Kier alpha value is -1.35. The summed E-state index contributed by atoms with van der Waals surface area (Å²) in [7, 11) is -3.63. The smallest absolute Gasteiger partial charge is 0.240 e. The van der Waals surface area contributed by atoms with Crippen LogP contribution in [0.4, 0.5) is 0 Å². The fourth-order valence-electron chi connectivity index (χ4n) is 3.25. The number of aliphatic hydroxyl groups is 1. The van der Waals surface area contributed by atoms with Crippen molar-refractivity contribution in [1.29, 1.82) is 0 Å². The van der Waals surface area contributed by atoms with Crippen LogP contribution in [0.2, 0.25) is 10.0 Å². The number of nitrogens with one attached hydrogen (secondary N) is 1. The lowest BCUT2D eigenvalue weighted by Gasteiger charge is -2.32. The summed E-state index contributed by atoms with van der Waals surface area (Å²) in [6.45, 7) is 2.68. The van der Waals surface area contributed by atoms with Crippen LogP contribution >= 0.6 is 23.2 Å². The largest absolute Gasteiger partial charge is 0.491 e. The van der Waals surface area contributed by atoms with Crippen LogP contribution < -0.4 is 9.46 Å². The van der Waals surface area contributed by atoms with E-state index in [1.807, 2.05) is 24.3 Å². The van der Waals surface area contributed by atoms with Crippen molar-refractivity contribution in [3.8, 4) is 5.75 Å². The van der Waals surface area contributed by atoms with Gasteiger partial charge in [-0.25, -0.2) is 13.1 Å². The molecule has 1 heterocycles. The highest BCUT2D eigenvalue weighted by Crippen LogP contribution is 2.25. The van der Waals surface area contributed by atoms with Gasteiger partial charge in [0.2, 0.25) is 10.0 Å². The minimum atomic E-state index is -3.63. The number of nitrogens with zero attached hydrogens (tertiary/aromatic N) is 1. The van der Waals surface area contributed by atoms with Crippen LogP contribution in [0.1, 0.15) is 18.4 Å². The fourth-order valence-corrected chi connectivity index (χ4v) is 4.95. The molecule has 0 atom stereocenters. The lowest BCUT2D eigenvalue weighted by atomic mass is 10.1. The van der Waals surface area contributed by atoms with Gasteiger partial charge in [0, 0.05) is 25.7 Å². The first kappa shape index (κ1) is 22.3. The number of hydrogen-bond acceptors (Lipinski definition) is 5. The van der Waals surface area contributed by atoms with Crippen molar-refractivity contribution >= 4 is 33.2 Å². The van der Waals surface area contributed by atoms with E-state index in [9.17, 15) is 8.42 Å². The number of halogens is 2. The Kier molecular flexibility index (Phi) is 7.79. The average Bonchev–Trinajstić information content (AvgIpc) is 2.71. The Bertz CT molecular complexity index is 915. The van der Waals surface area contributed by atoms with Gasteiger partial charge in [-0.05, 0) is 48.7 Å². The van der Waals surface area contributed by atoms with Gasteiger partial charge < -0.3 is 9.84 Å². The molecule has 0 saturated carbocycles. The predicted octanol–water partition coefficient (Wildman–Crippen LogP) is 3.31. The van der Waals surface area contributed by atoms with Crippen LogP contribution in [0.5, 0.6) is 5.75 Å². The summed E-state index contributed by atoms with van der Waals surface area (Å²) in [6.07, 6.45) is 1.47. The third-order valence-electron chi connectivity index (χ3n) is 4.80. The van der Waals surface area contributed by atoms with Crippen LogP contribution in [0.15, 0.2) is 47.4 Å². The third kappa shape index (κ3) is 6.31. The van der Waals surface area contributed by atoms with Gasteiger partial charge in [-0.15, -0.1) is 0 Å². The van der Waals surface area contributed by atoms with Gasteiger partial charge in [0.25, 0.3) is 0 Å². The Morgan fingerprint density at radius 3 is 2.38 bits per heavy atom. The predicted molar refractivity (Wildman–Crippen MR) is 114 cm³/mol. The number of rotatable bonds is 8. The molecule has 2 aromatic carbocycles. The van der Waals surface area contributed by atoms with Gasteiger partial charge in [0.05, 0.1) is 21.5 Å². The van der Waals surface area contributed by atoms with Crippen molar-refractivity contribution < 1.29 is 18.3 Å². The molecular formula is C20H24Cl2N2O4S. The van der Waals surface area contributed by atoms with Gasteiger partial charge in [0.1, 0.15) is 12.4 Å². The summed E-state index contributed by atoms with van der Waals surface area (Å²) in [5, 5.41) is 9.34. The van der Waals surface area contributed by atoms with E-state index in [0.29, 0.717) is 5.02 Å². The lowest BCUT2D eigenvalue weighted by molar-refractivity contribution is 0.198. The van der Waals surface area contributed by atoms with Gasteiger partial charge >= 0.3 is 0 Å². The highest BCUT2D eigenvalue weighted by Gasteiger charge is 2.25. The van der Waals surface area contributed by atoms with Gasteiger partial charge in [0.15, 0.2) is 0 Å². The van der Waals surface area contributed by atoms with Gasteiger partial charge in [-0.3, -0.25) is 4.90 Å². The zero-order chi connectivity index (χ0) is 20.9. The van der Waals surface area contributed by atoms with E-state index in [0.717, 1.165) is 43.8 Å². The number of sulfonamides is 1. The molecule has 1 aliphatic rings. The monoisotopic (exact) mass is 458 g/mol. The number of aliphatic hydroxyl groups excluding tert-OH is 1. The van der Waals surface area contributed by atoms with E-state index in [1.165, 1.54) is 18.2 Å². The summed E-state index contributed by atoms with van der Waals surface area (Å²) in [4.78, 5) is 2.42. The molecule has 0 aliphatic carbocycles. The van der Waals surface area contributed by atoms with E-state index in [2.05, 4.69) is 9.62 Å². The molecule has 29 heavy (non-hydrogen) atoms. The molecule has 0 aromatic heterocycles. The second-order valence-electron chi connectivity index (χ2n) is 6.96. The molecule has 2 N–H and O–H groups in total. The van der Waals surface area contributed by atoms with Crippen molar-refractivity contribution in [2.45, 2.75) is 30.3 Å². The molecule has 2 aromatic rings. The molecule has 158 valence electrons. The lowest BCUT2D eigenvalue weighted by Crippen LogP contribution is -2.44. The van der Waals surface area contributed by atoms with Crippen molar-refractivity contribution in [2.24, 2.45) is 0 Å². The van der Waals surface area contributed by atoms with Crippen molar-refractivity contribution in [3.05, 3.63) is 58.1 Å². The Balaban J connectivity index is 1.50. The molecule has 6 nitrogen and oxygen atoms in total. The Morgan fingerprint density at radius 1 is 1.07 bits per heavy atom. The molecule has 0 amide bonds. The van der Waals surface area contributed by atoms with Crippen LogP contribution in [-0.2, 0) is 16.6 Å². The maximum Gasteiger partial charge on any atom is 0.240 e. The fraction of sp³-hybridized carbons (Fsp3) is 0.400. The molecule has 1 fully saturated rings. The summed E-state index contributed by atoms with van der Waals surface area (Å²) in [5.74, 6) is 0.734. The zero-order valence-electron chi connectivity index (χ0n) is 15.9. The molecule has 9 heteroatoms. The van der Waals surface area contributed by atoms with Crippen LogP contribution in [-0.4, -0.2) is 50.8 Å². The summed E-state index contributed by atoms with van der Waals surface area (Å²) in [5.41, 5.74) is 1.16. The van der Waals surface area contributed by atoms with E-state index >= 15 is 0 Å². The van der Waals surface area contributed by atoms with Crippen LogP contribution in [0.3, 0.4) is 0 Å². The summed E-state index contributed by atoms with van der Waals surface area (Å²) in [6, 6.07) is 12.0. The molecule has 0 spiro atoms. The number of hydrogen-bond donors (Lipinski definition) is 2. The molecule has 1 saturated heterocycles.